The average Bonchev–Trinajstić information content (AvgIpc) is 2.48. The zero-order valence-electron chi connectivity index (χ0n) is 12.7. The van der Waals surface area contributed by atoms with E-state index < -0.39 is 5.82 Å². The first-order valence-electron chi connectivity index (χ1n) is 7.38. The Morgan fingerprint density at radius 2 is 2.33 bits per heavy atom. The molecule has 1 aromatic heterocycles. The predicted octanol–water partition coefficient (Wildman–Crippen LogP) is 2.29. The van der Waals surface area contributed by atoms with Crippen molar-refractivity contribution in [3.63, 3.8) is 0 Å². The van der Waals surface area contributed by atoms with Gasteiger partial charge in [0.15, 0.2) is 0 Å². The molecule has 1 aliphatic heterocycles. The smallest absolute Gasteiger partial charge is 0.258 e. The Hall–Kier alpha value is -1.69. The molecule has 1 aliphatic rings. The van der Waals surface area contributed by atoms with E-state index in [-0.39, 0.29) is 23.6 Å². The van der Waals surface area contributed by atoms with Gasteiger partial charge in [0.25, 0.3) is 5.91 Å². The van der Waals surface area contributed by atoms with Crippen LogP contribution in [-0.4, -0.2) is 47.6 Å². The fraction of sp³-hybridized carbons (Fsp3) is 0.600. The molecule has 6 heteroatoms. The standard InChI is InChI=1S/C15H22FN3O2/c1-4-12-9-21-10(3)8-19(12)15(20)13-6-11(16)7-18-14(13)17-5-2/h6-7,10,12H,4-5,8-9H2,1-3H3,(H,17,18). The highest BCUT2D eigenvalue weighted by Crippen LogP contribution is 2.21. The van der Waals surface area contributed by atoms with Crippen molar-refractivity contribution in [1.29, 1.82) is 0 Å². The lowest BCUT2D eigenvalue weighted by Crippen LogP contribution is -2.51. The van der Waals surface area contributed by atoms with Gasteiger partial charge in [-0.2, -0.15) is 0 Å². The molecule has 1 amide bonds. The largest absolute Gasteiger partial charge is 0.375 e. The number of hydrogen-bond donors (Lipinski definition) is 1. The topological polar surface area (TPSA) is 54.5 Å². The number of aromatic nitrogens is 1. The minimum Gasteiger partial charge on any atom is -0.375 e. The highest BCUT2D eigenvalue weighted by atomic mass is 19.1. The second-order valence-electron chi connectivity index (χ2n) is 5.24. The summed E-state index contributed by atoms with van der Waals surface area (Å²) in [7, 11) is 0. The number of halogens is 1. The molecule has 0 aliphatic carbocycles. The van der Waals surface area contributed by atoms with Crippen molar-refractivity contribution in [1.82, 2.24) is 9.88 Å². The van der Waals surface area contributed by atoms with E-state index in [0.717, 1.165) is 12.6 Å². The van der Waals surface area contributed by atoms with Crippen LogP contribution in [0.5, 0.6) is 0 Å². The SMILES string of the molecule is CCNc1ncc(F)cc1C(=O)N1CC(C)OCC1CC. The Morgan fingerprint density at radius 1 is 1.57 bits per heavy atom. The summed E-state index contributed by atoms with van der Waals surface area (Å²) in [6.07, 6.45) is 1.91. The van der Waals surface area contributed by atoms with Gasteiger partial charge < -0.3 is 15.0 Å². The summed E-state index contributed by atoms with van der Waals surface area (Å²) >= 11 is 0. The molecule has 0 saturated carbocycles. The molecule has 2 unspecified atom stereocenters. The molecule has 1 saturated heterocycles. The maximum absolute atomic E-state index is 13.5. The molecule has 0 aromatic carbocycles. The number of rotatable bonds is 4. The zero-order valence-corrected chi connectivity index (χ0v) is 12.7. The third-order valence-corrected chi connectivity index (χ3v) is 3.63. The summed E-state index contributed by atoms with van der Waals surface area (Å²) in [4.78, 5) is 18.5. The molecule has 1 aromatic rings. The van der Waals surface area contributed by atoms with Crippen molar-refractivity contribution in [2.24, 2.45) is 0 Å². The molecule has 2 atom stereocenters. The quantitative estimate of drug-likeness (QED) is 0.926. The van der Waals surface area contributed by atoms with Gasteiger partial charge in [0, 0.05) is 13.1 Å². The van der Waals surface area contributed by atoms with E-state index in [1.807, 2.05) is 20.8 Å². The van der Waals surface area contributed by atoms with Crippen LogP contribution in [0.15, 0.2) is 12.3 Å². The van der Waals surface area contributed by atoms with Gasteiger partial charge in [-0.05, 0) is 26.3 Å². The van der Waals surface area contributed by atoms with E-state index in [9.17, 15) is 9.18 Å². The Bertz CT molecular complexity index is 510. The summed E-state index contributed by atoms with van der Waals surface area (Å²) in [5.41, 5.74) is 0.282. The van der Waals surface area contributed by atoms with E-state index >= 15 is 0 Å². The fourth-order valence-corrected chi connectivity index (χ4v) is 2.50. The summed E-state index contributed by atoms with van der Waals surface area (Å²) in [6, 6.07) is 1.27. The Balaban J connectivity index is 2.31. The zero-order chi connectivity index (χ0) is 15.4. The number of anilines is 1. The summed E-state index contributed by atoms with van der Waals surface area (Å²) in [5, 5.41) is 3.01. The molecule has 1 fully saturated rings. The van der Waals surface area contributed by atoms with Crippen molar-refractivity contribution >= 4 is 11.7 Å². The van der Waals surface area contributed by atoms with Gasteiger partial charge in [0.2, 0.25) is 0 Å². The van der Waals surface area contributed by atoms with Gasteiger partial charge in [0.05, 0.1) is 30.5 Å². The van der Waals surface area contributed by atoms with Gasteiger partial charge in [-0.15, -0.1) is 0 Å². The van der Waals surface area contributed by atoms with Gasteiger partial charge in [-0.25, -0.2) is 9.37 Å². The van der Waals surface area contributed by atoms with Gasteiger partial charge in [-0.3, -0.25) is 4.79 Å². The van der Waals surface area contributed by atoms with Crippen LogP contribution in [0.3, 0.4) is 0 Å². The maximum atomic E-state index is 13.5. The number of amides is 1. The van der Waals surface area contributed by atoms with E-state index in [1.54, 1.807) is 4.90 Å². The number of carbonyl (C=O) groups is 1. The van der Waals surface area contributed by atoms with Crippen LogP contribution >= 0.6 is 0 Å². The van der Waals surface area contributed by atoms with Crippen molar-refractivity contribution in [3.05, 3.63) is 23.6 Å². The normalized spacial score (nSPS) is 22.2. The molecular formula is C15H22FN3O2. The van der Waals surface area contributed by atoms with Crippen LogP contribution in [0.1, 0.15) is 37.6 Å². The fourth-order valence-electron chi connectivity index (χ4n) is 2.50. The summed E-state index contributed by atoms with van der Waals surface area (Å²) in [5.74, 6) is -0.271. The lowest BCUT2D eigenvalue weighted by Gasteiger charge is -2.38. The highest BCUT2D eigenvalue weighted by molar-refractivity contribution is 5.99. The van der Waals surface area contributed by atoms with Gasteiger partial charge >= 0.3 is 0 Å². The van der Waals surface area contributed by atoms with Crippen molar-refractivity contribution in [2.45, 2.75) is 39.3 Å². The number of nitrogens with one attached hydrogen (secondary N) is 1. The molecule has 116 valence electrons. The second kappa shape index (κ2) is 6.85. The molecule has 21 heavy (non-hydrogen) atoms. The van der Waals surface area contributed by atoms with Crippen LogP contribution in [0, 0.1) is 5.82 Å². The van der Waals surface area contributed by atoms with Crippen LogP contribution in [0.4, 0.5) is 10.2 Å². The van der Waals surface area contributed by atoms with E-state index in [4.69, 9.17) is 4.74 Å². The maximum Gasteiger partial charge on any atom is 0.258 e. The second-order valence-corrected chi connectivity index (χ2v) is 5.24. The van der Waals surface area contributed by atoms with Crippen molar-refractivity contribution in [3.8, 4) is 0 Å². The molecule has 5 nitrogen and oxygen atoms in total. The first-order chi connectivity index (χ1) is 10.1. The highest BCUT2D eigenvalue weighted by Gasteiger charge is 2.31. The van der Waals surface area contributed by atoms with Gasteiger partial charge in [0.1, 0.15) is 11.6 Å². The van der Waals surface area contributed by atoms with Crippen LogP contribution in [0.25, 0.3) is 0 Å². The van der Waals surface area contributed by atoms with Crippen molar-refractivity contribution < 1.29 is 13.9 Å². The molecule has 1 N–H and O–H groups in total. The number of morpholine rings is 1. The summed E-state index contributed by atoms with van der Waals surface area (Å²) in [6.45, 7) is 7.50. The Morgan fingerprint density at radius 3 is 3.00 bits per heavy atom. The molecule has 0 bridgehead atoms. The lowest BCUT2D eigenvalue weighted by atomic mass is 10.1. The number of hydrogen-bond acceptors (Lipinski definition) is 4. The van der Waals surface area contributed by atoms with Crippen molar-refractivity contribution in [2.75, 3.05) is 25.0 Å². The minimum absolute atomic E-state index is 0.0131. The lowest BCUT2D eigenvalue weighted by molar-refractivity contribution is -0.0443. The van der Waals surface area contributed by atoms with Crippen LogP contribution < -0.4 is 5.32 Å². The molecule has 0 spiro atoms. The number of ether oxygens (including phenoxy) is 1. The van der Waals surface area contributed by atoms with Gasteiger partial charge in [-0.1, -0.05) is 6.92 Å². The Labute approximate surface area is 124 Å². The van der Waals surface area contributed by atoms with Crippen LogP contribution in [0.2, 0.25) is 0 Å². The third-order valence-electron chi connectivity index (χ3n) is 3.63. The number of carbonyl (C=O) groups excluding carboxylic acids is 1. The summed E-state index contributed by atoms with van der Waals surface area (Å²) < 4.78 is 19.1. The molecule has 0 radical (unpaired) electrons. The molecular weight excluding hydrogens is 273 g/mol. The Kier molecular flexibility index (Phi) is 5.12. The van der Waals surface area contributed by atoms with E-state index in [0.29, 0.717) is 25.5 Å². The van der Waals surface area contributed by atoms with E-state index in [1.165, 1.54) is 6.07 Å². The first-order valence-corrected chi connectivity index (χ1v) is 7.38. The number of nitrogens with zero attached hydrogens (tertiary/aromatic N) is 2. The molecule has 2 heterocycles. The third kappa shape index (κ3) is 3.50. The predicted molar refractivity (Wildman–Crippen MR) is 78.9 cm³/mol. The first kappa shape index (κ1) is 15.7. The minimum atomic E-state index is -0.505. The monoisotopic (exact) mass is 295 g/mol. The molecule has 2 rings (SSSR count). The number of pyridine rings is 1. The average molecular weight is 295 g/mol. The van der Waals surface area contributed by atoms with E-state index in [2.05, 4.69) is 10.3 Å². The van der Waals surface area contributed by atoms with Crippen LogP contribution in [-0.2, 0) is 4.74 Å².